The minimum absolute atomic E-state index is 0.00519. The summed E-state index contributed by atoms with van der Waals surface area (Å²) in [5.41, 5.74) is 0.291. The molecule has 3 N–H and O–H groups in total. The van der Waals surface area contributed by atoms with Gasteiger partial charge in [-0.15, -0.1) is 11.8 Å². The van der Waals surface area contributed by atoms with E-state index in [9.17, 15) is 28.8 Å². The van der Waals surface area contributed by atoms with Gasteiger partial charge in [-0.05, 0) is 35.8 Å². The Balaban J connectivity index is 1.82. The maximum Gasteiger partial charge on any atom is 0.242 e. The van der Waals surface area contributed by atoms with Gasteiger partial charge in [0.05, 0.1) is 84.5 Å². The van der Waals surface area contributed by atoms with Gasteiger partial charge < -0.3 is 44.4 Å². The van der Waals surface area contributed by atoms with E-state index in [4.69, 9.17) is 28.4 Å². The van der Waals surface area contributed by atoms with E-state index in [1.807, 2.05) is 20.8 Å². The highest BCUT2D eigenvalue weighted by Crippen LogP contribution is 2.27. The molecule has 17 heteroatoms. The highest BCUT2D eigenvalue weighted by atomic mass is 32.2. The van der Waals surface area contributed by atoms with Gasteiger partial charge in [0, 0.05) is 64.7 Å². The molecule has 0 aromatic rings. The average Bonchev–Trinajstić information content (AvgIpc) is 3.45. The Hall–Kier alpha value is -2.67. The van der Waals surface area contributed by atoms with Crippen molar-refractivity contribution in [3.05, 3.63) is 0 Å². The number of carbonyl (C=O) groups excluding carboxylic acids is 6. The molecular weight excluding hydrogens is 809 g/mol. The first kappa shape index (κ1) is 56.3. The van der Waals surface area contributed by atoms with Crippen LogP contribution in [0.4, 0.5) is 0 Å². The Bertz CT molecular complexity index is 1240. The maximum atomic E-state index is 12.7. The van der Waals surface area contributed by atoms with Crippen LogP contribution < -0.4 is 16.0 Å². The summed E-state index contributed by atoms with van der Waals surface area (Å²) < 4.78 is 32.9. The molecule has 1 saturated heterocycles. The molecular formula is C44H80N4O12S. The summed E-state index contributed by atoms with van der Waals surface area (Å²) in [6, 6.07) is 0. The van der Waals surface area contributed by atoms with Gasteiger partial charge in [-0.2, -0.15) is 0 Å². The van der Waals surface area contributed by atoms with Crippen LogP contribution >= 0.6 is 11.8 Å². The number of thioether (sulfide) groups is 1. The Labute approximate surface area is 370 Å². The number of unbranched alkanes of at least 4 members (excludes halogenated alkanes) is 3. The quantitative estimate of drug-likeness (QED) is 0.0586. The first-order valence-corrected chi connectivity index (χ1v) is 23.4. The second kappa shape index (κ2) is 34.8. The van der Waals surface area contributed by atoms with Crippen molar-refractivity contribution in [3.8, 4) is 0 Å². The van der Waals surface area contributed by atoms with E-state index in [1.165, 1.54) is 24.2 Å². The number of nitrogens with one attached hydrogen (secondary N) is 3. The van der Waals surface area contributed by atoms with Crippen LogP contribution in [0.5, 0.6) is 0 Å². The molecule has 0 radical (unpaired) electrons. The largest absolute Gasteiger partial charge is 0.377 e. The molecule has 61 heavy (non-hydrogen) atoms. The van der Waals surface area contributed by atoms with Crippen molar-refractivity contribution in [3.63, 3.8) is 0 Å². The molecule has 0 aromatic heterocycles. The summed E-state index contributed by atoms with van der Waals surface area (Å²) in [6.45, 7) is 18.8. The van der Waals surface area contributed by atoms with E-state index in [-0.39, 0.29) is 78.2 Å². The van der Waals surface area contributed by atoms with Gasteiger partial charge in [-0.1, -0.05) is 60.8 Å². The zero-order valence-corrected chi connectivity index (χ0v) is 39.2. The van der Waals surface area contributed by atoms with Crippen LogP contribution in [0.3, 0.4) is 0 Å². The van der Waals surface area contributed by atoms with Crippen LogP contribution in [0.15, 0.2) is 0 Å². The predicted molar refractivity (Wildman–Crippen MR) is 236 cm³/mol. The lowest BCUT2D eigenvalue weighted by Gasteiger charge is -2.17. The number of likely N-dealkylation sites (tertiary alicyclic amines) is 1. The molecule has 0 aromatic carbocycles. The number of nitrogens with zero attached hydrogens (tertiary/aromatic N) is 1. The van der Waals surface area contributed by atoms with Crippen molar-refractivity contribution in [1.82, 2.24) is 20.9 Å². The molecule has 1 atom stereocenters. The molecule has 0 saturated carbocycles. The Morgan fingerprint density at radius 3 is 1.54 bits per heavy atom. The molecule has 1 aliphatic rings. The molecule has 1 aliphatic heterocycles. The fraction of sp³-hybridized carbons (Fsp3) is 0.864. The SMILES string of the molecule is CC(C)(C)CCCCCCSC1CC(=O)N(CCC(=O)NCCOCCOCCOCCOCCOCCOCCNC(=O)CCC(=O)CCCNC(=O)CC(C)(C)C)C1=O. The van der Waals surface area contributed by atoms with Crippen molar-refractivity contribution in [2.45, 2.75) is 124 Å². The third-order valence-electron chi connectivity index (χ3n) is 9.18. The van der Waals surface area contributed by atoms with Crippen LogP contribution in [0, 0.1) is 10.8 Å². The second-order valence-electron chi connectivity index (χ2n) is 17.5. The number of imide groups is 1. The molecule has 5 amide bonds. The Morgan fingerprint density at radius 1 is 0.557 bits per heavy atom. The van der Waals surface area contributed by atoms with Crippen molar-refractivity contribution in [2.24, 2.45) is 10.8 Å². The summed E-state index contributed by atoms with van der Waals surface area (Å²) >= 11 is 1.56. The molecule has 0 bridgehead atoms. The third kappa shape index (κ3) is 34.5. The average molecular weight is 889 g/mol. The lowest BCUT2D eigenvalue weighted by Crippen LogP contribution is -2.36. The van der Waals surface area contributed by atoms with Crippen LogP contribution in [0.2, 0.25) is 0 Å². The van der Waals surface area contributed by atoms with E-state index in [0.29, 0.717) is 124 Å². The van der Waals surface area contributed by atoms with Crippen LogP contribution in [-0.4, -0.2) is 157 Å². The summed E-state index contributed by atoms with van der Waals surface area (Å²) in [5.74, 6) is 0.0605. The summed E-state index contributed by atoms with van der Waals surface area (Å²) in [6.07, 6.45) is 7.75. The number of amides is 5. The van der Waals surface area contributed by atoms with E-state index >= 15 is 0 Å². The number of ketones is 1. The van der Waals surface area contributed by atoms with Crippen LogP contribution in [-0.2, 0) is 57.2 Å². The standard InChI is InChI=1S/C44H80N4O12S/c1-43(2,3)16-9-7-8-10-33-61-37-34-41(53)48(42(37)54)20-15-39(51)47-19-22-56-24-26-58-28-30-60-32-31-59-29-27-57-25-23-55-21-18-46-38(50)14-13-36(49)12-11-17-45-40(52)35-44(4,5)6/h37H,7-35H2,1-6H3,(H,45,52)(H,46,50)(H,47,51). The second-order valence-corrected chi connectivity index (χ2v) is 18.8. The Kier molecular flexibility index (Phi) is 32.1. The summed E-state index contributed by atoms with van der Waals surface area (Å²) in [4.78, 5) is 74.4. The molecule has 0 aliphatic carbocycles. The fourth-order valence-corrected chi connectivity index (χ4v) is 7.09. The van der Waals surface area contributed by atoms with E-state index in [0.717, 1.165) is 18.6 Å². The number of hydrogen-bond donors (Lipinski definition) is 3. The van der Waals surface area contributed by atoms with Gasteiger partial charge in [0.2, 0.25) is 29.5 Å². The van der Waals surface area contributed by atoms with Gasteiger partial charge >= 0.3 is 0 Å². The fourth-order valence-electron chi connectivity index (χ4n) is 5.91. The predicted octanol–water partition coefficient (Wildman–Crippen LogP) is 4.25. The lowest BCUT2D eigenvalue weighted by atomic mass is 9.89. The maximum absolute atomic E-state index is 12.7. The lowest BCUT2D eigenvalue weighted by molar-refractivity contribution is -0.138. The van der Waals surface area contributed by atoms with E-state index in [1.54, 1.807) is 11.8 Å². The number of ether oxygens (including phenoxy) is 6. The smallest absolute Gasteiger partial charge is 0.242 e. The van der Waals surface area contributed by atoms with Crippen molar-refractivity contribution < 1.29 is 57.2 Å². The molecule has 1 fully saturated rings. The van der Waals surface area contributed by atoms with Gasteiger partial charge in [0.15, 0.2) is 0 Å². The normalized spacial score (nSPS) is 14.5. The summed E-state index contributed by atoms with van der Waals surface area (Å²) in [7, 11) is 0. The van der Waals surface area contributed by atoms with Crippen molar-refractivity contribution in [2.75, 3.05) is 111 Å². The molecule has 1 unspecified atom stereocenters. The van der Waals surface area contributed by atoms with Crippen molar-refractivity contribution in [1.29, 1.82) is 0 Å². The molecule has 1 heterocycles. The van der Waals surface area contributed by atoms with E-state index < -0.39 is 0 Å². The third-order valence-corrected chi connectivity index (χ3v) is 10.5. The van der Waals surface area contributed by atoms with Gasteiger partial charge in [0.1, 0.15) is 5.78 Å². The van der Waals surface area contributed by atoms with Gasteiger partial charge in [0.25, 0.3) is 0 Å². The van der Waals surface area contributed by atoms with Crippen LogP contribution in [0.25, 0.3) is 0 Å². The highest BCUT2D eigenvalue weighted by Gasteiger charge is 2.38. The summed E-state index contributed by atoms with van der Waals surface area (Å²) in [5, 5.41) is 8.00. The molecule has 354 valence electrons. The molecule has 0 spiro atoms. The zero-order valence-electron chi connectivity index (χ0n) is 38.3. The first-order valence-electron chi connectivity index (χ1n) is 22.3. The zero-order chi connectivity index (χ0) is 45.2. The van der Waals surface area contributed by atoms with Gasteiger partial charge in [-0.3, -0.25) is 33.7 Å². The number of Topliss-reactive ketones (excluding diaryl/α,β-unsaturated/α-hetero) is 1. The highest BCUT2D eigenvalue weighted by molar-refractivity contribution is 8.00. The van der Waals surface area contributed by atoms with Crippen molar-refractivity contribution >= 4 is 47.1 Å². The minimum Gasteiger partial charge on any atom is -0.377 e. The first-order chi connectivity index (χ1) is 29.1. The molecule has 1 rings (SSSR count). The minimum atomic E-state index is -0.332. The number of rotatable bonds is 39. The van der Waals surface area contributed by atoms with Gasteiger partial charge in [-0.25, -0.2) is 0 Å². The van der Waals surface area contributed by atoms with Crippen LogP contribution in [0.1, 0.15) is 119 Å². The van der Waals surface area contributed by atoms with E-state index in [2.05, 4.69) is 36.7 Å². The Morgan fingerprint density at radius 2 is 1.03 bits per heavy atom. The molecule has 16 nitrogen and oxygen atoms in total. The number of hydrogen-bond acceptors (Lipinski definition) is 13. The number of carbonyl (C=O) groups is 6. The topological polar surface area (TPSA) is 197 Å². The monoisotopic (exact) mass is 889 g/mol.